The molecule has 0 aliphatic heterocycles. The monoisotopic (exact) mass is 520 g/mol. The van der Waals surface area contributed by atoms with Crippen LogP contribution in [0.1, 0.15) is 11.1 Å². The van der Waals surface area contributed by atoms with Crippen molar-refractivity contribution in [3.63, 3.8) is 0 Å². The highest BCUT2D eigenvalue weighted by atomic mass is 35.5. The van der Waals surface area contributed by atoms with E-state index in [4.69, 9.17) is 55.9 Å². The van der Waals surface area contributed by atoms with Gasteiger partial charge in [-0.05, 0) is 54.1 Å². The van der Waals surface area contributed by atoms with Crippen LogP contribution < -0.4 is 14.8 Å². The SMILES string of the molecule is COc1cc(/C=C(\C#N)C(=O)Nc2ccc(Cl)c(Cl)c2)ccc1OCc1c(Cl)cccc1Cl. The molecule has 0 aromatic heterocycles. The molecule has 0 aliphatic rings. The van der Waals surface area contributed by atoms with Gasteiger partial charge in [0, 0.05) is 21.3 Å². The summed E-state index contributed by atoms with van der Waals surface area (Å²) in [5.41, 5.74) is 1.52. The second kappa shape index (κ2) is 11.3. The van der Waals surface area contributed by atoms with Crippen molar-refractivity contribution >= 4 is 64.1 Å². The summed E-state index contributed by atoms with van der Waals surface area (Å²) in [5.74, 6) is 0.266. The molecule has 1 N–H and O–H groups in total. The Labute approximate surface area is 211 Å². The summed E-state index contributed by atoms with van der Waals surface area (Å²) < 4.78 is 11.2. The van der Waals surface area contributed by atoms with Crippen LogP contribution in [0.15, 0.2) is 60.2 Å². The average Bonchev–Trinajstić information content (AvgIpc) is 2.80. The maximum atomic E-state index is 12.5. The van der Waals surface area contributed by atoms with Crippen LogP contribution in [0.5, 0.6) is 11.5 Å². The van der Waals surface area contributed by atoms with Gasteiger partial charge in [0.2, 0.25) is 0 Å². The second-order valence-electron chi connectivity index (χ2n) is 6.65. The van der Waals surface area contributed by atoms with Crippen molar-refractivity contribution in [2.45, 2.75) is 6.61 Å². The molecule has 168 valence electrons. The van der Waals surface area contributed by atoms with Crippen LogP contribution in [0.4, 0.5) is 5.69 Å². The van der Waals surface area contributed by atoms with Gasteiger partial charge in [0.1, 0.15) is 18.2 Å². The van der Waals surface area contributed by atoms with E-state index in [0.717, 1.165) is 0 Å². The van der Waals surface area contributed by atoms with Gasteiger partial charge in [-0.25, -0.2) is 0 Å². The molecular weight excluding hydrogens is 506 g/mol. The number of hydrogen-bond acceptors (Lipinski definition) is 4. The molecule has 0 saturated heterocycles. The fourth-order valence-electron chi connectivity index (χ4n) is 2.80. The Morgan fingerprint density at radius 1 is 0.970 bits per heavy atom. The molecule has 0 spiro atoms. The summed E-state index contributed by atoms with van der Waals surface area (Å²) in [6.07, 6.45) is 1.43. The van der Waals surface area contributed by atoms with E-state index >= 15 is 0 Å². The number of halogens is 4. The maximum absolute atomic E-state index is 12.5. The Hall–Kier alpha value is -2.88. The van der Waals surface area contributed by atoms with Gasteiger partial charge >= 0.3 is 0 Å². The molecule has 0 saturated carbocycles. The number of nitriles is 1. The number of amides is 1. The summed E-state index contributed by atoms with van der Waals surface area (Å²) in [6.45, 7) is 0.138. The maximum Gasteiger partial charge on any atom is 0.266 e. The zero-order valence-electron chi connectivity index (χ0n) is 17.2. The number of hydrogen-bond donors (Lipinski definition) is 1. The van der Waals surface area contributed by atoms with Crippen LogP contribution in [-0.2, 0) is 11.4 Å². The number of carbonyl (C=O) groups is 1. The first-order valence-electron chi connectivity index (χ1n) is 9.44. The first-order valence-corrected chi connectivity index (χ1v) is 11.0. The van der Waals surface area contributed by atoms with Gasteiger partial charge in [0.15, 0.2) is 11.5 Å². The zero-order valence-corrected chi connectivity index (χ0v) is 20.2. The topological polar surface area (TPSA) is 71.3 Å². The summed E-state index contributed by atoms with van der Waals surface area (Å²) in [5, 5.41) is 13.7. The predicted molar refractivity (Wildman–Crippen MR) is 132 cm³/mol. The Kier molecular flexibility index (Phi) is 8.49. The number of rotatable bonds is 7. The molecular formula is C24H16Cl4N2O3. The minimum Gasteiger partial charge on any atom is -0.493 e. The molecule has 0 fully saturated rings. The van der Waals surface area contributed by atoms with Crippen LogP contribution in [-0.4, -0.2) is 13.0 Å². The van der Waals surface area contributed by atoms with Gasteiger partial charge in [-0.2, -0.15) is 5.26 Å². The minimum atomic E-state index is -0.594. The lowest BCUT2D eigenvalue weighted by Gasteiger charge is -2.13. The standard InChI is InChI=1S/C24H16Cl4N2O3/c1-32-23-10-14(5-8-22(23)33-13-17-18(25)3-2-4-19(17)26)9-15(12-29)24(31)30-16-6-7-20(27)21(28)11-16/h2-11H,13H2,1H3,(H,30,31)/b15-9+. The Morgan fingerprint density at radius 2 is 1.70 bits per heavy atom. The molecule has 0 aliphatic carbocycles. The summed E-state index contributed by atoms with van der Waals surface area (Å²) in [6, 6.07) is 16.7. The van der Waals surface area contributed by atoms with Gasteiger partial charge in [-0.3, -0.25) is 4.79 Å². The van der Waals surface area contributed by atoms with Gasteiger partial charge < -0.3 is 14.8 Å². The van der Waals surface area contributed by atoms with Crippen molar-refractivity contribution in [1.82, 2.24) is 0 Å². The van der Waals surface area contributed by atoms with Crippen molar-refractivity contribution < 1.29 is 14.3 Å². The molecule has 0 radical (unpaired) electrons. The molecule has 0 unspecified atom stereocenters. The lowest BCUT2D eigenvalue weighted by molar-refractivity contribution is -0.112. The lowest BCUT2D eigenvalue weighted by atomic mass is 10.1. The van der Waals surface area contributed by atoms with Gasteiger partial charge in [0.05, 0.1) is 17.2 Å². The molecule has 9 heteroatoms. The van der Waals surface area contributed by atoms with E-state index in [0.29, 0.717) is 43.4 Å². The average molecular weight is 522 g/mol. The Bertz CT molecular complexity index is 1250. The normalized spacial score (nSPS) is 11.0. The molecule has 33 heavy (non-hydrogen) atoms. The molecule has 0 heterocycles. The molecule has 3 rings (SSSR count). The second-order valence-corrected chi connectivity index (χ2v) is 8.28. The molecule has 0 atom stereocenters. The van der Waals surface area contributed by atoms with E-state index in [1.165, 1.54) is 19.3 Å². The number of methoxy groups -OCH3 is 1. The van der Waals surface area contributed by atoms with Crippen molar-refractivity contribution in [1.29, 1.82) is 5.26 Å². The number of nitrogens with one attached hydrogen (secondary N) is 1. The van der Waals surface area contributed by atoms with E-state index < -0.39 is 5.91 Å². The third-order valence-electron chi connectivity index (χ3n) is 4.47. The zero-order chi connectivity index (χ0) is 24.0. The smallest absolute Gasteiger partial charge is 0.266 e. The van der Waals surface area contributed by atoms with Crippen LogP contribution in [0.25, 0.3) is 6.08 Å². The molecule has 0 bridgehead atoms. The van der Waals surface area contributed by atoms with E-state index in [1.54, 1.807) is 48.5 Å². The van der Waals surface area contributed by atoms with Crippen molar-refractivity contribution in [3.05, 3.63) is 91.4 Å². The number of anilines is 1. The van der Waals surface area contributed by atoms with Crippen LogP contribution in [0.3, 0.4) is 0 Å². The first-order chi connectivity index (χ1) is 15.8. The number of nitrogens with zero attached hydrogens (tertiary/aromatic N) is 1. The Balaban J connectivity index is 1.78. The van der Waals surface area contributed by atoms with E-state index in [2.05, 4.69) is 5.32 Å². The third kappa shape index (κ3) is 6.34. The van der Waals surface area contributed by atoms with Crippen LogP contribution >= 0.6 is 46.4 Å². The molecule has 3 aromatic carbocycles. The molecule has 5 nitrogen and oxygen atoms in total. The van der Waals surface area contributed by atoms with Crippen molar-refractivity contribution in [2.75, 3.05) is 12.4 Å². The fourth-order valence-corrected chi connectivity index (χ4v) is 3.61. The van der Waals surface area contributed by atoms with Gasteiger partial charge in [-0.15, -0.1) is 0 Å². The molecule has 3 aromatic rings. The summed E-state index contributed by atoms with van der Waals surface area (Å²) >= 11 is 24.2. The highest BCUT2D eigenvalue weighted by Gasteiger charge is 2.13. The summed E-state index contributed by atoms with van der Waals surface area (Å²) in [7, 11) is 1.49. The Morgan fingerprint density at radius 3 is 2.33 bits per heavy atom. The summed E-state index contributed by atoms with van der Waals surface area (Å²) in [4.78, 5) is 12.5. The van der Waals surface area contributed by atoms with E-state index in [1.807, 2.05) is 6.07 Å². The van der Waals surface area contributed by atoms with E-state index in [9.17, 15) is 10.1 Å². The lowest BCUT2D eigenvalue weighted by Crippen LogP contribution is -2.13. The number of benzene rings is 3. The quantitative estimate of drug-likeness (QED) is 0.259. The predicted octanol–water partition coefficient (Wildman–Crippen LogP) is 7.43. The van der Waals surface area contributed by atoms with E-state index in [-0.39, 0.29) is 17.2 Å². The third-order valence-corrected chi connectivity index (χ3v) is 5.92. The fraction of sp³-hybridized carbons (Fsp3) is 0.0833. The highest BCUT2D eigenvalue weighted by molar-refractivity contribution is 6.42. The van der Waals surface area contributed by atoms with Gasteiger partial charge in [-0.1, -0.05) is 58.5 Å². The van der Waals surface area contributed by atoms with Crippen molar-refractivity contribution in [3.8, 4) is 17.6 Å². The number of ether oxygens (including phenoxy) is 2. The molecule has 1 amide bonds. The first kappa shape index (κ1) is 24.8. The highest BCUT2D eigenvalue weighted by Crippen LogP contribution is 2.32. The largest absolute Gasteiger partial charge is 0.493 e. The van der Waals surface area contributed by atoms with Crippen LogP contribution in [0, 0.1) is 11.3 Å². The van der Waals surface area contributed by atoms with Crippen molar-refractivity contribution in [2.24, 2.45) is 0 Å². The van der Waals surface area contributed by atoms with Crippen LogP contribution in [0.2, 0.25) is 20.1 Å². The number of carbonyl (C=O) groups excluding carboxylic acids is 1. The minimum absolute atomic E-state index is 0.111. The van der Waals surface area contributed by atoms with Gasteiger partial charge in [0.25, 0.3) is 5.91 Å².